The van der Waals surface area contributed by atoms with Crippen molar-refractivity contribution in [2.45, 2.75) is 19.1 Å². The van der Waals surface area contributed by atoms with E-state index in [0.717, 1.165) is 0 Å². The molecule has 0 aliphatic heterocycles. The molecule has 0 atom stereocenters. The van der Waals surface area contributed by atoms with Gasteiger partial charge in [-0.1, -0.05) is 13.8 Å². The van der Waals surface area contributed by atoms with Crippen LogP contribution in [0.2, 0.25) is 0 Å². The second-order valence-corrected chi connectivity index (χ2v) is 1.99. The molecule has 0 saturated heterocycles. The molecule has 0 aromatic heterocycles. The standard InChI is InChI=1S/C3H8S.K/c1-3(2)4;/h3-4H,1-2H3;/q;+1/p-1. The van der Waals surface area contributed by atoms with Crippen LogP contribution in [0.4, 0.5) is 0 Å². The van der Waals surface area contributed by atoms with E-state index in [9.17, 15) is 0 Å². The first-order valence-corrected chi connectivity index (χ1v) is 1.86. The van der Waals surface area contributed by atoms with Crippen molar-refractivity contribution < 1.29 is 51.4 Å². The Morgan fingerprint density at radius 1 is 1.40 bits per heavy atom. The molecule has 0 bridgehead atoms. The molecule has 0 aromatic rings. The maximum atomic E-state index is 4.62. The van der Waals surface area contributed by atoms with Gasteiger partial charge in [-0.3, -0.25) is 0 Å². The summed E-state index contributed by atoms with van der Waals surface area (Å²) in [6.45, 7) is 3.96. The van der Waals surface area contributed by atoms with Crippen LogP contribution < -0.4 is 51.4 Å². The second kappa shape index (κ2) is 5.99. The Labute approximate surface area is 81.5 Å². The molecule has 0 saturated carbocycles. The first kappa shape index (κ1) is 10.1. The van der Waals surface area contributed by atoms with E-state index in [-0.39, 0.29) is 51.4 Å². The molecular weight excluding hydrogens is 107 g/mol. The Morgan fingerprint density at radius 3 is 1.40 bits per heavy atom. The van der Waals surface area contributed by atoms with Crippen molar-refractivity contribution in [1.82, 2.24) is 0 Å². The van der Waals surface area contributed by atoms with Crippen LogP contribution in [0, 0.1) is 0 Å². The zero-order valence-corrected chi connectivity index (χ0v) is 7.93. The number of hydrogen-bond donors (Lipinski definition) is 0. The van der Waals surface area contributed by atoms with E-state index in [1.807, 2.05) is 13.8 Å². The smallest absolute Gasteiger partial charge is 0.790 e. The van der Waals surface area contributed by atoms with Gasteiger partial charge in [0.15, 0.2) is 0 Å². The third-order valence-corrected chi connectivity index (χ3v) is 0. The molecule has 0 aliphatic carbocycles. The molecule has 0 fully saturated rings. The minimum absolute atomic E-state index is 0. The summed E-state index contributed by atoms with van der Waals surface area (Å²) in [5.74, 6) is 0. The molecule has 2 heteroatoms. The second-order valence-electron chi connectivity index (χ2n) is 1.05. The maximum absolute atomic E-state index is 4.62. The summed E-state index contributed by atoms with van der Waals surface area (Å²) in [5.41, 5.74) is 0. The van der Waals surface area contributed by atoms with Gasteiger partial charge in [-0.25, -0.2) is 0 Å². The van der Waals surface area contributed by atoms with Crippen molar-refractivity contribution in [3.05, 3.63) is 0 Å². The Kier molecular flexibility index (Phi) is 12.1. The zero-order chi connectivity index (χ0) is 3.58. The van der Waals surface area contributed by atoms with Gasteiger partial charge in [-0.15, -0.1) is 0 Å². The molecule has 0 unspecified atom stereocenters. The minimum Gasteiger partial charge on any atom is -0.790 e. The molecular formula is C3H7KS. The third-order valence-electron chi connectivity index (χ3n) is 0. The van der Waals surface area contributed by atoms with E-state index in [4.69, 9.17) is 0 Å². The first-order chi connectivity index (χ1) is 1.73. The monoisotopic (exact) mass is 114 g/mol. The summed E-state index contributed by atoms with van der Waals surface area (Å²) < 4.78 is 0. The summed E-state index contributed by atoms with van der Waals surface area (Å²) in [4.78, 5) is 0. The van der Waals surface area contributed by atoms with Gasteiger partial charge in [0.2, 0.25) is 0 Å². The average Bonchev–Trinajstić information content (AvgIpc) is 0.811. The molecule has 0 radical (unpaired) electrons. The van der Waals surface area contributed by atoms with Gasteiger partial charge in [0, 0.05) is 0 Å². The Balaban J connectivity index is 0. The largest absolute Gasteiger partial charge is 1.00 e. The Hall–Kier alpha value is 1.99. The van der Waals surface area contributed by atoms with Crippen LogP contribution in [0.5, 0.6) is 0 Å². The van der Waals surface area contributed by atoms with Crippen LogP contribution >= 0.6 is 0 Å². The molecule has 0 aliphatic rings. The topological polar surface area (TPSA) is 0 Å². The van der Waals surface area contributed by atoms with Gasteiger partial charge < -0.3 is 12.6 Å². The van der Waals surface area contributed by atoms with Gasteiger partial charge in [-0.05, 0) is 0 Å². The van der Waals surface area contributed by atoms with E-state index in [1.54, 1.807) is 0 Å². The van der Waals surface area contributed by atoms with Gasteiger partial charge in [-0.2, -0.15) is 5.25 Å². The number of hydrogen-bond acceptors (Lipinski definition) is 1. The Bertz CT molecular complexity index is 11.6. The van der Waals surface area contributed by atoms with E-state index < -0.39 is 0 Å². The van der Waals surface area contributed by atoms with Crippen molar-refractivity contribution >= 4 is 12.6 Å². The van der Waals surface area contributed by atoms with Crippen molar-refractivity contribution in [3.63, 3.8) is 0 Å². The molecule has 0 spiro atoms. The first-order valence-electron chi connectivity index (χ1n) is 1.39. The molecule has 0 rings (SSSR count). The molecule has 0 amide bonds. The summed E-state index contributed by atoms with van der Waals surface area (Å²) in [6.07, 6.45) is 0. The fourth-order valence-corrected chi connectivity index (χ4v) is 0. The van der Waals surface area contributed by atoms with E-state index in [0.29, 0.717) is 5.25 Å². The van der Waals surface area contributed by atoms with Crippen LogP contribution in [0.3, 0.4) is 0 Å². The fraction of sp³-hybridized carbons (Fsp3) is 1.00. The van der Waals surface area contributed by atoms with Crippen LogP contribution in [0.1, 0.15) is 13.8 Å². The molecule has 26 valence electrons. The summed E-state index contributed by atoms with van der Waals surface area (Å²) in [5, 5.41) is 0.417. The van der Waals surface area contributed by atoms with Crippen LogP contribution in [0.15, 0.2) is 0 Å². The quantitative estimate of drug-likeness (QED) is 0.258. The van der Waals surface area contributed by atoms with Crippen molar-refractivity contribution in [2.75, 3.05) is 0 Å². The third kappa shape index (κ3) is 24.1. The van der Waals surface area contributed by atoms with E-state index >= 15 is 0 Å². The van der Waals surface area contributed by atoms with Crippen molar-refractivity contribution in [1.29, 1.82) is 0 Å². The summed E-state index contributed by atoms with van der Waals surface area (Å²) >= 11 is 4.62. The molecule has 5 heavy (non-hydrogen) atoms. The van der Waals surface area contributed by atoms with Crippen molar-refractivity contribution in [2.24, 2.45) is 0 Å². The van der Waals surface area contributed by atoms with Gasteiger partial charge in [0.05, 0.1) is 0 Å². The minimum atomic E-state index is 0. The van der Waals surface area contributed by atoms with Gasteiger partial charge in [0.1, 0.15) is 0 Å². The molecule has 0 aromatic carbocycles. The summed E-state index contributed by atoms with van der Waals surface area (Å²) in [6, 6.07) is 0. The van der Waals surface area contributed by atoms with Crippen LogP contribution in [-0.4, -0.2) is 5.25 Å². The normalized spacial score (nSPS) is 7.20. The maximum Gasteiger partial charge on any atom is 1.00 e. The molecule has 0 heterocycles. The van der Waals surface area contributed by atoms with Crippen molar-refractivity contribution in [3.8, 4) is 0 Å². The zero-order valence-electron chi connectivity index (χ0n) is 3.99. The SMILES string of the molecule is CC(C)[S-].[K+]. The van der Waals surface area contributed by atoms with E-state index in [1.165, 1.54) is 0 Å². The predicted molar refractivity (Wildman–Crippen MR) is 22.5 cm³/mol. The number of rotatable bonds is 0. The Morgan fingerprint density at radius 2 is 1.40 bits per heavy atom. The molecule has 0 N–H and O–H groups in total. The van der Waals surface area contributed by atoms with E-state index in [2.05, 4.69) is 12.6 Å². The fourth-order valence-electron chi connectivity index (χ4n) is 0. The predicted octanol–water partition coefficient (Wildman–Crippen LogP) is -2.05. The van der Waals surface area contributed by atoms with Crippen LogP contribution in [-0.2, 0) is 12.6 Å². The average molecular weight is 114 g/mol. The molecule has 0 nitrogen and oxygen atoms in total. The van der Waals surface area contributed by atoms with Gasteiger partial charge in [0.25, 0.3) is 0 Å². The summed E-state index contributed by atoms with van der Waals surface area (Å²) in [7, 11) is 0. The van der Waals surface area contributed by atoms with Crippen LogP contribution in [0.25, 0.3) is 0 Å². The van der Waals surface area contributed by atoms with Gasteiger partial charge >= 0.3 is 51.4 Å².